The molecule has 0 spiro atoms. The van der Waals surface area contributed by atoms with E-state index in [9.17, 15) is 8.78 Å². The molecule has 0 fully saturated rings. The molecular weight excluding hydrogens is 362 g/mol. The van der Waals surface area contributed by atoms with Gasteiger partial charge in [-0.05, 0) is 72.5 Å². The van der Waals surface area contributed by atoms with Crippen LogP contribution in [0.1, 0.15) is 53.6 Å². The molecule has 0 nitrogen and oxygen atoms in total. The Labute approximate surface area is 171 Å². The Morgan fingerprint density at radius 3 is 1.86 bits per heavy atom. The monoisotopic (exact) mass is 384 g/mol. The van der Waals surface area contributed by atoms with Crippen molar-refractivity contribution in [1.82, 2.24) is 0 Å². The van der Waals surface area contributed by atoms with Gasteiger partial charge < -0.3 is 0 Å². The summed E-state index contributed by atoms with van der Waals surface area (Å²) in [4.78, 5) is 0. The first-order valence-corrected chi connectivity index (χ1v) is 9.80. The third-order valence-corrected chi connectivity index (χ3v) is 4.59. The van der Waals surface area contributed by atoms with Crippen LogP contribution in [0.15, 0.2) is 60.7 Å². The fraction of sp³-hybridized carbons (Fsp3) is 0.185. The van der Waals surface area contributed by atoms with Gasteiger partial charge in [0.05, 0.1) is 5.56 Å². The van der Waals surface area contributed by atoms with Crippen LogP contribution in [0.2, 0.25) is 0 Å². The van der Waals surface area contributed by atoms with E-state index in [1.165, 1.54) is 12.1 Å². The van der Waals surface area contributed by atoms with Gasteiger partial charge in [-0.15, -0.1) is 0 Å². The van der Waals surface area contributed by atoms with Crippen LogP contribution >= 0.6 is 0 Å². The fourth-order valence-corrected chi connectivity index (χ4v) is 2.90. The zero-order valence-corrected chi connectivity index (χ0v) is 16.7. The number of halogens is 2. The van der Waals surface area contributed by atoms with Gasteiger partial charge in [-0.25, -0.2) is 8.78 Å². The maximum Gasteiger partial charge on any atom is 0.139 e. The first-order chi connectivity index (χ1) is 14.1. The predicted molar refractivity (Wildman–Crippen MR) is 115 cm³/mol. The van der Waals surface area contributed by atoms with Gasteiger partial charge >= 0.3 is 0 Å². The van der Waals surface area contributed by atoms with Crippen LogP contribution in [-0.4, -0.2) is 0 Å². The van der Waals surface area contributed by atoms with Crippen LogP contribution in [0.5, 0.6) is 0 Å². The number of rotatable bonds is 3. The summed E-state index contributed by atoms with van der Waals surface area (Å²) in [6.07, 6.45) is 2.44. The molecule has 0 aliphatic heterocycles. The molecule has 0 atom stereocenters. The summed E-state index contributed by atoms with van der Waals surface area (Å²) >= 11 is 0. The molecule has 0 unspecified atom stereocenters. The van der Waals surface area contributed by atoms with Crippen molar-refractivity contribution in [2.24, 2.45) is 0 Å². The molecule has 3 aromatic rings. The number of hydrogen-bond acceptors (Lipinski definition) is 0. The summed E-state index contributed by atoms with van der Waals surface area (Å²) < 4.78 is 28.0. The summed E-state index contributed by atoms with van der Waals surface area (Å²) in [7, 11) is 0. The molecule has 2 heteroatoms. The van der Waals surface area contributed by atoms with E-state index in [0.29, 0.717) is 11.1 Å². The van der Waals surface area contributed by atoms with Gasteiger partial charge in [0.1, 0.15) is 11.6 Å². The lowest BCUT2D eigenvalue weighted by molar-refractivity contribution is 0.607. The molecule has 0 aromatic heterocycles. The lowest BCUT2D eigenvalue weighted by Crippen LogP contribution is -1.90. The normalized spacial score (nSPS) is 9.93. The van der Waals surface area contributed by atoms with Crippen molar-refractivity contribution in [3.05, 3.63) is 106 Å². The summed E-state index contributed by atoms with van der Waals surface area (Å²) in [6, 6.07) is 17.7. The smallest absolute Gasteiger partial charge is 0.139 e. The maximum absolute atomic E-state index is 14.0. The van der Waals surface area contributed by atoms with E-state index in [4.69, 9.17) is 0 Å². The lowest BCUT2D eigenvalue weighted by atomic mass is 10.1. The van der Waals surface area contributed by atoms with Crippen LogP contribution in [0.25, 0.3) is 0 Å². The van der Waals surface area contributed by atoms with Crippen molar-refractivity contribution in [2.45, 2.75) is 33.1 Å². The van der Waals surface area contributed by atoms with Gasteiger partial charge in [-0.2, -0.15) is 0 Å². The third kappa shape index (κ3) is 5.56. The van der Waals surface area contributed by atoms with Crippen LogP contribution in [-0.2, 0) is 12.8 Å². The molecule has 144 valence electrons. The highest BCUT2D eigenvalue weighted by Gasteiger charge is 2.02. The Hall–Kier alpha value is -3.36. The molecule has 0 aliphatic rings. The van der Waals surface area contributed by atoms with E-state index < -0.39 is 0 Å². The third-order valence-electron chi connectivity index (χ3n) is 4.59. The lowest BCUT2D eigenvalue weighted by Gasteiger charge is -2.01. The van der Waals surface area contributed by atoms with Crippen molar-refractivity contribution in [2.75, 3.05) is 0 Å². The fourth-order valence-electron chi connectivity index (χ4n) is 2.90. The molecule has 0 heterocycles. The second kappa shape index (κ2) is 9.72. The van der Waals surface area contributed by atoms with Crippen LogP contribution in [0, 0.1) is 35.3 Å². The SMILES string of the molecule is CCCc1ccc(C#Cc2ccc(C#Cc3ccc(CC)cc3F)cc2)cc1F. The average molecular weight is 384 g/mol. The van der Waals surface area contributed by atoms with Crippen LogP contribution < -0.4 is 0 Å². The molecule has 29 heavy (non-hydrogen) atoms. The summed E-state index contributed by atoms with van der Waals surface area (Å²) in [5.41, 5.74) is 4.31. The first-order valence-electron chi connectivity index (χ1n) is 9.80. The Morgan fingerprint density at radius 1 is 0.655 bits per heavy atom. The second-order valence-electron chi connectivity index (χ2n) is 6.80. The van der Waals surface area contributed by atoms with Crippen molar-refractivity contribution < 1.29 is 8.78 Å². The Bertz CT molecular complexity index is 1120. The molecule has 0 aliphatic carbocycles. The molecular formula is C27H22F2. The predicted octanol–water partition coefficient (Wildman–Crippen LogP) is 6.28. The molecule has 0 saturated carbocycles. The van der Waals surface area contributed by atoms with Crippen molar-refractivity contribution in [3.63, 3.8) is 0 Å². The van der Waals surface area contributed by atoms with Gasteiger partial charge in [-0.3, -0.25) is 0 Å². The van der Waals surface area contributed by atoms with E-state index in [-0.39, 0.29) is 11.6 Å². The minimum Gasteiger partial charge on any atom is -0.207 e. The number of hydrogen-bond donors (Lipinski definition) is 0. The standard InChI is InChI=1S/C27H22F2/c1-3-5-24-17-14-23(19-27(24)29)11-10-21-6-8-22(9-7-21)13-16-25-15-12-20(4-2)18-26(25)28/h6-9,12,14-15,17-19H,3-5H2,1-2H3. The molecule has 3 rings (SSSR count). The molecule has 3 aromatic carbocycles. The van der Waals surface area contributed by atoms with Crippen molar-refractivity contribution in [3.8, 4) is 23.7 Å². The topological polar surface area (TPSA) is 0 Å². The zero-order chi connectivity index (χ0) is 20.6. The first kappa shape index (κ1) is 20.4. The summed E-state index contributed by atoms with van der Waals surface area (Å²) in [5.74, 6) is 11.4. The number of aryl methyl sites for hydroxylation is 2. The van der Waals surface area contributed by atoms with Crippen LogP contribution in [0.4, 0.5) is 8.78 Å². The second-order valence-corrected chi connectivity index (χ2v) is 6.80. The molecule has 0 radical (unpaired) electrons. The zero-order valence-electron chi connectivity index (χ0n) is 16.7. The van der Waals surface area contributed by atoms with Gasteiger partial charge in [0, 0.05) is 16.7 Å². The van der Waals surface area contributed by atoms with Gasteiger partial charge in [0.25, 0.3) is 0 Å². The molecule has 0 bridgehead atoms. The number of benzene rings is 3. The minimum atomic E-state index is -0.295. The highest BCUT2D eigenvalue weighted by atomic mass is 19.1. The van der Waals surface area contributed by atoms with E-state index in [0.717, 1.165) is 41.5 Å². The van der Waals surface area contributed by atoms with E-state index >= 15 is 0 Å². The highest BCUT2D eigenvalue weighted by molar-refractivity contribution is 5.48. The Balaban J connectivity index is 1.72. The van der Waals surface area contributed by atoms with Crippen molar-refractivity contribution in [1.29, 1.82) is 0 Å². The maximum atomic E-state index is 14.0. The Morgan fingerprint density at radius 2 is 1.28 bits per heavy atom. The highest BCUT2D eigenvalue weighted by Crippen LogP contribution is 2.13. The van der Waals surface area contributed by atoms with Gasteiger partial charge in [-0.1, -0.05) is 56.1 Å². The minimum absolute atomic E-state index is 0.205. The summed E-state index contributed by atoms with van der Waals surface area (Å²) in [5, 5.41) is 0. The molecule has 0 N–H and O–H groups in total. The van der Waals surface area contributed by atoms with E-state index in [2.05, 4.69) is 23.7 Å². The molecule has 0 saturated heterocycles. The van der Waals surface area contributed by atoms with Gasteiger partial charge in [0.2, 0.25) is 0 Å². The van der Waals surface area contributed by atoms with E-state index in [1.807, 2.05) is 50.2 Å². The van der Waals surface area contributed by atoms with Crippen molar-refractivity contribution >= 4 is 0 Å². The average Bonchev–Trinajstić information content (AvgIpc) is 2.74. The Kier molecular flexibility index (Phi) is 6.83. The molecule has 0 amide bonds. The quantitative estimate of drug-likeness (QED) is 0.466. The largest absolute Gasteiger partial charge is 0.207 e. The van der Waals surface area contributed by atoms with E-state index in [1.54, 1.807) is 12.1 Å². The van der Waals surface area contributed by atoms with Crippen LogP contribution in [0.3, 0.4) is 0 Å². The summed E-state index contributed by atoms with van der Waals surface area (Å²) in [6.45, 7) is 4.02. The van der Waals surface area contributed by atoms with Gasteiger partial charge in [0.15, 0.2) is 0 Å².